The number of aromatic nitrogens is 2. The molecule has 0 radical (unpaired) electrons. The Hall–Kier alpha value is -0.940. The molecule has 0 saturated heterocycles. The van der Waals surface area contributed by atoms with Gasteiger partial charge in [-0.25, -0.2) is 0 Å². The van der Waals surface area contributed by atoms with E-state index in [-0.39, 0.29) is 0 Å². The van der Waals surface area contributed by atoms with E-state index in [9.17, 15) is 0 Å². The molecule has 3 nitrogen and oxygen atoms in total. The van der Waals surface area contributed by atoms with Crippen molar-refractivity contribution in [1.82, 2.24) is 9.78 Å². The molecule has 17 heavy (non-hydrogen) atoms. The lowest BCUT2D eigenvalue weighted by Crippen LogP contribution is -1.99. The number of aryl methyl sites for hydroxylation is 1. The van der Waals surface area contributed by atoms with Gasteiger partial charge in [0.2, 0.25) is 0 Å². The second-order valence-electron chi connectivity index (χ2n) is 3.50. The van der Waals surface area contributed by atoms with Crippen LogP contribution in [-0.2, 0) is 7.05 Å². The minimum absolute atomic E-state index is 0.690. The van der Waals surface area contributed by atoms with E-state index in [4.69, 9.17) is 4.74 Å². The van der Waals surface area contributed by atoms with Crippen molar-refractivity contribution in [3.63, 3.8) is 0 Å². The Morgan fingerprint density at radius 1 is 1.47 bits per heavy atom. The Labute approximate surface area is 113 Å². The molecule has 90 valence electrons. The Morgan fingerprint density at radius 2 is 2.35 bits per heavy atom. The van der Waals surface area contributed by atoms with E-state index in [0.717, 1.165) is 16.0 Å². The highest BCUT2D eigenvalue weighted by molar-refractivity contribution is 9.10. The molecule has 1 aromatic carbocycles. The minimum Gasteiger partial charge on any atom is -0.493 e. The van der Waals surface area contributed by atoms with Crippen LogP contribution in [0.1, 0.15) is 0 Å². The summed E-state index contributed by atoms with van der Waals surface area (Å²) in [7, 11) is 1.92. The molecular formula is C12H13BrN2OS. The van der Waals surface area contributed by atoms with Gasteiger partial charge >= 0.3 is 0 Å². The lowest BCUT2D eigenvalue weighted by Gasteiger charge is -2.05. The third-order valence-corrected chi connectivity index (χ3v) is 3.51. The first-order valence-corrected chi connectivity index (χ1v) is 7.02. The maximum absolute atomic E-state index is 5.64. The van der Waals surface area contributed by atoms with E-state index >= 15 is 0 Å². The summed E-state index contributed by atoms with van der Waals surface area (Å²) in [6.45, 7) is 0.690. The van der Waals surface area contributed by atoms with E-state index in [1.54, 1.807) is 16.4 Å². The molecule has 0 aliphatic rings. The Balaban J connectivity index is 1.73. The van der Waals surface area contributed by atoms with E-state index in [1.165, 1.54) is 4.90 Å². The minimum atomic E-state index is 0.690. The van der Waals surface area contributed by atoms with Crippen LogP contribution < -0.4 is 4.74 Å². The van der Waals surface area contributed by atoms with Crippen LogP contribution in [-0.4, -0.2) is 22.1 Å². The number of ether oxygens (including phenoxy) is 1. The monoisotopic (exact) mass is 312 g/mol. The maximum Gasteiger partial charge on any atom is 0.120 e. The summed E-state index contributed by atoms with van der Waals surface area (Å²) in [6.07, 6.45) is 3.87. The van der Waals surface area contributed by atoms with Gasteiger partial charge in [0.1, 0.15) is 5.75 Å². The van der Waals surface area contributed by atoms with Crippen molar-refractivity contribution in [3.05, 3.63) is 41.1 Å². The molecule has 0 aliphatic heterocycles. The molecule has 0 bridgehead atoms. The molecule has 1 heterocycles. The predicted octanol–water partition coefficient (Wildman–Crippen LogP) is 3.35. The van der Waals surface area contributed by atoms with Gasteiger partial charge in [-0.05, 0) is 18.2 Å². The van der Waals surface area contributed by atoms with Crippen molar-refractivity contribution < 1.29 is 4.74 Å². The first-order chi connectivity index (χ1) is 8.24. The van der Waals surface area contributed by atoms with Crippen LogP contribution in [0.2, 0.25) is 0 Å². The van der Waals surface area contributed by atoms with E-state index in [0.29, 0.717) is 6.61 Å². The highest BCUT2D eigenvalue weighted by Gasteiger charge is 1.98. The van der Waals surface area contributed by atoms with Gasteiger partial charge in [-0.2, -0.15) is 5.10 Å². The summed E-state index contributed by atoms with van der Waals surface area (Å²) < 4.78 is 8.48. The van der Waals surface area contributed by atoms with Crippen LogP contribution in [0.3, 0.4) is 0 Å². The molecule has 0 amide bonds. The fraction of sp³-hybridized carbons (Fsp3) is 0.250. The summed E-state index contributed by atoms with van der Waals surface area (Å²) in [4.78, 5) is 1.17. The molecule has 0 spiro atoms. The summed E-state index contributed by atoms with van der Waals surface area (Å²) in [6, 6.07) is 7.87. The number of halogens is 1. The molecule has 2 aromatic rings. The fourth-order valence-corrected chi connectivity index (χ4v) is 2.48. The van der Waals surface area contributed by atoms with Crippen LogP contribution >= 0.6 is 27.7 Å². The zero-order chi connectivity index (χ0) is 12.1. The highest BCUT2D eigenvalue weighted by atomic mass is 79.9. The van der Waals surface area contributed by atoms with Gasteiger partial charge in [0.25, 0.3) is 0 Å². The van der Waals surface area contributed by atoms with Crippen LogP contribution in [0.5, 0.6) is 5.75 Å². The number of nitrogens with zero attached hydrogens (tertiary/aromatic N) is 2. The van der Waals surface area contributed by atoms with Crippen LogP contribution in [0.15, 0.2) is 46.0 Å². The summed E-state index contributed by atoms with van der Waals surface area (Å²) >= 11 is 5.16. The van der Waals surface area contributed by atoms with Gasteiger partial charge in [0.15, 0.2) is 0 Å². The van der Waals surface area contributed by atoms with Gasteiger partial charge in [-0.1, -0.05) is 22.0 Å². The first kappa shape index (κ1) is 12.5. The van der Waals surface area contributed by atoms with Crippen LogP contribution in [0.4, 0.5) is 0 Å². The molecule has 0 aliphatic carbocycles. The number of rotatable bonds is 5. The fourth-order valence-electron chi connectivity index (χ4n) is 1.35. The van der Waals surface area contributed by atoms with Crippen LogP contribution in [0, 0.1) is 0 Å². The summed E-state index contributed by atoms with van der Waals surface area (Å²) in [5.41, 5.74) is 0. The second kappa shape index (κ2) is 6.12. The zero-order valence-corrected chi connectivity index (χ0v) is 11.9. The van der Waals surface area contributed by atoms with Gasteiger partial charge < -0.3 is 4.74 Å². The Bertz CT molecular complexity index is 487. The van der Waals surface area contributed by atoms with Crippen LogP contribution in [0.25, 0.3) is 0 Å². The van der Waals surface area contributed by atoms with Crippen molar-refractivity contribution in [3.8, 4) is 5.75 Å². The molecule has 0 N–H and O–H groups in total. The van der Waals surface area contributed by atoms with E-state index in [1.807, 2.05) is 43.7 Å². The van der Waals surface area contributed by atoms with E-state index in [2.05, 4.69) is 21.0 Å². The van der Waals surface area contributed by atoms with Crippen molar-refractivity contribution in [2.45, 2.75) is 4.90 Å². The van der Waals surface area contributed by atoms with Crippen molar-refractivity contribution >= 4 is 27.7 Å². The quantitative estimate of drug-likeness (QED) is 0.626. The van der Waals surface area contributed by atoms with Gasteiger partial charge in [-0.15, -0.1) is 11.8 Å². The largest absolute Gasteiger partial charge is 0.493 e. The normalized spacial score (nSPS) is 10.5. The topological polar surface area (TPSA) is 27.1 Å². The smallest absolute Gasteiger partial charge is 0.120 e. The number of thioether (sulfide) groups is 1. The van der Waals surface area contributed by atoms with Crippen molar-refractivity contribution in [2.75, 3.05) is 12.4 Å². The molecule has 0 unspecified atom stereocenters. The third-order valence-electron chi connectivity index (χ3n) is 2.10. The molecule has 0 fully saturated rings. The van der Waals surface area contributed by atoms with Gasteiger partial charge in [-0.3, -0.25) is 4.68 Å². The number of hydrogen-bond acceptors (Lipinski definition) is 3. The molecule has 1 aromatic heterocycles. The SMILES string of the molecule is Cn1cc(SCCOc2cccc(Br)c2)cn1. The summed E-state index contributed by atoms with van der Waals surface area (Å²) in [5, 5.41) is 4.11. The third kappa shape index (κ3) is 4.09. The summed E-state index contributed by atoms with van der Waals surface area (Å²) in [5.74, 6) is 1.81. The lowest BCUT2D eigenvalue weighted by atomic mass is 10.3. The lowest BCUT2D eigenvalue weighted by molar-refractivity contribution is 0.344. The standard InChI is InChI=1S/C12H13BrN2OS/c1-15-9-12(8-14-15)17-6-5-16-11-4-2-3-10(13)7-11/h2-4,7-9H,5-6H2,1H3. The second-order valence-corrected chi connectivity index (χ2v) is 5.59. The van der Waals surface area contributed by atoms with Gasteiger partial charge in [0, 0.05) is 28.4 Å². The van der Waals surface area contributed by atoms with Gasteiger partial charge in [0.05, 0.1) is 12.8 Å². The molecule has 0 atom stereocenters. The number of hydrogen-bond donors (Lipinski definition) is 0. The maximum atomic E-state index is 5.64. The molecular weight excluding hydrogens is 300 g/mol. The van der Waals surface area contributed by atoms with Crippen molar-refractivity contribution in [1.29, 1.82) is 0 Å². The number of benzene rings is 1. The zero-order valence-electron chi connectivity index (χ0n) is 9.47. The molecule has 5 heteroatoms. The van der Waals surface area contributed by atoms with E-state index < -0.39 is 0 Å². The Morgan fingerprint density at radius 3 is 3.06 bits per heavy atom. The average molecular weight is 313 g/mol. The van der Waals surface area contributed by atoms with Crippen molar-refractivity contribution in [2.24, 2.45) is 7.05 Å². The average Bonchev–Trinajstić information content (AvgIpc) is 2.71. The highest BCUT2D eigenvalue weighted by Crippen LogP contribution is 2.19. The predicted molar refractivity (Wildman–Crippen MR) is 73.6 cm³/mol. The first-order valence-electron chi connectivity index (χ1n) is 5.24. The Kier molecular flexibility index (Phi) is 4.50. The molecule has 2 rings (SSSR count). The molecule has 0 saturated carbocycles.